The molecule has 1 aromatic carbocycles. The van der Waals surface area contributed by atoms with E-state index in [9.17, 15) is 18.3 Å². The van der Waals surface area contributed by atoms with Gasteiger partial charge in [0.25, 0.3) is 10.2 Å². The summed E-state index contributed by atoms with van der Waals surface area (Å²) in [5.74, 6) is -0.358. The highest BCUT2D eigenvalue weighted by Crippen LogP contribution is 2.35. The zero-order valence-corrected chi connectivity index (χ0v) is 14.7. The monoisotopic (exact) mass is 358 g/mol. The lowest BCUT2D eigenvalue weighted by molar-refractivity contribution is -0.158. The lowest BCUT2D eigenvalue weighted by Gasteiger charge is -2.39. The fourth-order valence-corrected chi connectivity index (χ4v) is 3.69. The normalized spacial score (nSPS) is 18.3. The highest BCUT2D eigenvalue weighted by molar-refractivity contribution is 7.86. The summed E-state index contributed by atoms with van der Waals surface area (Å²) < 4.78 is 37.7. The van der Waals surface area contributed by atoms with Crippen molar-refractivity contribution in [2.75, 3.05) is 34.3 Å². The Labute approximate surface area is 141 Å². The fourth-order valence-electron chi connectivity index (χ4n) is 2.58. The third kappa shape index (κ3) is 3.47. The molecule has 8 nitrogen and oxygen atoms in total. The molecule has 0 aromatic heterocycles. The zero-order chi connectivity index (χ0) is 18.0. The van der Waals surface area contributed by atoms with Gasteiger partial charge in [0.15, 0.2) is 11.5 Å². The van der Waals surface area contributed by atoms with Gasteiger partial charge in [0, 0.05) is 40.0 Å². The highest BCUT2D eigenvalue weighted by atomic mass is 32.2. The standard InChI is InChI=1S/C15H22N2O6S/c1-16(2)24(20,21)17-10-8-15(9-11-17,14(18)19)23-13-7-5-4-6-12(13)22-3/h4-7H,8-11H2,1-3H3,(H,18,19). The SMILES string of the molecule is COc1ccccc1OC1(C(=O)O)CCN(S(=O)(=O)N(C)C)CC1. The topological polar surface area (TPSA) is 96.4 Å². The Morgan fingerprint density at radius 2 is 1.75 bits per heavy atom. The van der Waals surface area contributed by atoms with Crippen LogP contribution in [0.2, 0.25) is 0 Å². The van der Waals surface area contributed by atoms with Gasteiger partial charge in [-0.15, -0.1) is 0 Å². The van der Waals surface area contributed by atoms with Gasteiger partial charge in [-0.3, -0.25) is 0 Å². The third-order valence-electron chi connectivity index (χ3n) is 4.08. The van der Waals surface area contributed by atoms with Crippen molar-refractivity contribution in [3.05, 3.63) is 24.3 Å². The van der Waals surface area contributed by atoms with Gasteiger partial charge in [0.05, 0.1) is 7.11 Å². The minimum absolute atomic E-state index is 0.0491. The van der Waals surface area contributed by atoms with Gasteiger partial charge < -0.3 is 14.6 Å². The lowest BCUT2D eigenvalue weighted by Crippen LogP contribution is -2.55. The van der Waals surface area contributed by atoms with Gasteiger partial charge in [-0.2, -0.15) is 17.0 Å². The van der Waals surface area contributed by atoms with Crippen LogP contribution < -0.4 is 9.47 Å². The van der Waals surface area contributed by atoms with Crippen molar-refractivity contribution in [3.63, 3.8) is 0 Å². The molecule has 9 heteroatoms. The Kier molecular flexibility index (Phi) is 5.36. The molecule has 1 fully saturated rings. The molecular formula is C15H22N2O6S. The van der Waals surface area contributed by atoms with Crippen LogP contribution >= 0.6 is 0 Å². The summed E-state index contributed by atoms with van der Waals surface area (Å²) in [7, 11) is 0.794. The fraction of sp³-hybridized carbons (Fsp3) is 0.533. The molecule has 2 rings (SSSR count). The number of hydrogen-bond acceptors (Lipinski definition) is 5. The van der Waals surface area contributed by atoms with E-state index in [2.05, 4.69) is 0 Å². The average molecular weight is 358 g/mol. The predicted octanol–water partition coefficient (Wildman–Crippen LogP) is 0.800. The Hall–Kier alpha value is -1.84. The minimum atomic E-state index is -3.57. The van der Waals surface area contributed by atoms with Crippen LogP contribution in [0.15, 0.2) is 24.3 Å². The number of aliphatic carboxylic acids is 1. The highest BCUT2D eigenvalue weighted by Gasteiger charge is 2.46. The molecule has 1 aliphatic rings. The first-order chi connectivity index (χ1) is 11.2. The summed E-state index contributed by atoms with van der Waals surface area (Å²) >= 11 is 0. The summed E-state index contributed by atoms with van der Waals surface area (Å²) in [6.07, 6.45) is 0.0981. The quantitative estimate of drug-likeness (QED) is 0.808. The van der Waals surface area contributed by atoms with Gasteiger partial charge in [-0.1, -0.05) is 12.1 Å². The summed E-state index contributed by atoms with van der Waals surface area (Å²) in [4.78, 5) is 11.8. The number of carboxylic acid groups (broad SMARTS) is 1. The van der Waals surface area contributed by atoms with E-state index < -0.39 is 21.8 Å². The number of methoxy groups -OCH3 is 1. The van der Waals surface area contributed by atoms with E-state index in [4.69, 9.17) is 9.47 Å². The molecule has 0 spiro atoms. The molecule has 0 bridgehead atoms. The van der Waals surface area contributed by atoms with Gasteiger partial charge in [-0.05, 0) is 12.1 Å². The summed E-state index contributed by atoms with van der Waals surface area (Å²) in [6.45, 7) is 0.143. The molecule has 24 heavy (non-hydrogen) atoms. The zero-order valence-electron chi connectivity index (χ0n) is 13.9. The van der Waals surface area contributed by atoms with E-state index in [0.717, 1.165) is 4.31 Å². The summed E-state index contributed by atoms with van der Waals surface area (Å²) in [5, 5.41) is 9.67. The van der Waals surface area contributed by atoms with Crippen LogP contribution in [0.1, 0.15) is 12.8 Å². The number of ether oxygens (including phenoxy) is 2. The van der Waals surface area contributed by atoms with Crippen LogP contribution in [-0.2, 0) is 15.0 Å². The van der Waals surface area contributed by atoms with Crippen molar-refractivity contribution in [1.29, 1.82) is 0 Å². The molecule has 1 N–H and O–H groups in total. The number of carbonyl (C=O) groups is 1. The molecular weight excluding hydrogens is 336 g/mol. The van der Waals surface area contributed by atoms with Crippen LogP contribution in [0, 0.1) is 0 Å². The minimum Gasteiger partial charge on any atom is -0.493 e. The van der Waals surface area contributed by atoms with Crippen molar-refractivity contribution in [2.45, 2.75) is 18.4 Å². The Morgan fingerprint density at radius 1 is 1.21 bits per heavy atom. The Balaban J connectivity index is 2.22. The van der Waals surface area contributed by atoms with Crippen molar-refractivity contribution >= 4 is 16.2 Å². The van der Waals surface area contributed by atoms with E-state index in [1.165, 1.54) is 25.5 Å². The van der Waals surface area contributed by atoms with Gasteiger partial charge in [0.2, 0.25) is 5.60 Å². The first-order valence-electron chi connectivity index (χ1n) is 7.46. The van der Waals surface area contributed by atoms with E-state index in [-0.39, 0.29) is 25.9 Å². The van der Waals surface area contributed by atoms with Crippen molar-refractivity contribution in [3.8, 4) is 11.5 Å². The first kappa shape index (κ1) is 18.5. The van der Waals surface area contributed by atoms with E-state index in [1.807, 2.05) is 0 Å². The van der Waals surface area contributed by atoms with E-state index >= 15 is 0 Å². The second kappa shape index (κ2) is 6.96. The molecule has 0 aliphatic carbocycles. The molecule has 0 atom stereocenters. The maximum absolute atomic E-state index is 12.2. The lowest BCUT2D eigenvalue weighted by atomic mass is 9.92. The van der Waals surface area contributed by atoms with E-state index in [0.29, 0.717) is 11.5 Å². The van der Waals surface area contributed by atoms with Gasteiger partial charge in [0.1, 0.15) is 0 Å². The molecule has 0 saturated carbocycles. The van der Waals surface area contributed by atoms with Crippen molar-refractivity contribution < 1.29 is 27.8 Å². The third-order valence-corrected chi connectivity index (χ3v) is 6.02. The summed E-state index contributed by atoms with van der Waals surface area (Å²) in [6, 6.07) is 6.79. The molecule has 134 valence electrons. The smallest absolute Gasteiger partial charge is 0.348 e. The van der Waals surface area contributed by atoms with E-state index in [1.54, 1.807) is 24.3 Å². The molecule has 1 aromatic rings. The number of rotatable bonds is 6. The van der Waals surface area contributed by atoms with Gasteiger partial charge in [-0.25, -0.2) is 4.79 Å². The van der Waals surface area contributed by atoms with Crippen LogP contribution in [0.25, 0.3) is 0 Å². The molecule has 0 radical (unpaired) electrons. The molecule has 0 amide bonds. The number of para-hydroxylation sites is 2. The summed E-state index contributed by atoms with van der Waals surface area (Å²) in [5.41, 5.74) is -1.48. The second-order valence-electron chi connectivity index (χ2n) is 5.74. The molecule has 1 heterocycles. The number of carboxylic acids is 1. The molecule has 1 saturated heterocycles. The van der Waals surface area contributed by atoms with Crippen LogP contribution in [-0.4, -0.2) is 68.0 Å². The van der Waals surface area contributed by atoms with Crippen LogP contribution in [0.5, 0.6) is 11.5 Å². The van der Waals surface area contributed by atoms with Crippen LogP contribution in [0.3, 0.4) is 0 Å². The maximum Gasteiger partial charge on any atom is 0.348 e. The first-order valence-corrected chi connectivity index (χ1v) is 8.86. The van der Waals surface area contributed by atoms with Crippen molar-refractivity contribution in [2.24, 2.45) is 0 Å². The largest absolute Gasteiger partial charge is 0.493 e. The second-order valence-corrected chi connectivity index (χ2v) is 7.88. The average Bonchev–Trinajstić information content (AvgIpc) is 2.55. The number of benzene rings is 1. The van der Waals surface area contributed by atoms with Gasteiger partial charge >= 0.3 is 5.97 Å². The Bertz CT molecular complexity index is 696. The maximum atomic E-state index is 12.2. The molecule has 0 unspecified atom stereocenters. The Morgan fingerprint density at radius 3 is 2.21 bits per heavy atom. The number of hydrogen-bond donors (Lipinski definition) is 1. The number of piperidine rings is 1. The van der Waals surface area contributed by atoms with Crippen molar-refractivity contribution in [1.82, 2.24) is 8.61 Å². The predicted molar refractivity (Wildman–Crippen MR) is 87.4 cm³/mol. The number of nitrogens with zero attached hydrogens (tertiary/aromatic N) is 2. The molecule has 1 aliphatic heterocycles. The van der Waals surface area contributed by atoms with Crippen LogP contribution in [0.4, 0.5) is 0 Å².